The van der Waals surface area contributed by atoms with Crippen LogP contribution in [0.15, 0.2) is 0 Å². The van der Waals surface area contributed by atoms with E-state index in [0.29, 0.717) is 19.3 Å². The second kappa shape index (κ2) is 5.09. The zero-order chi connectivity index (χ0) is 14.2. The summed E-state index contributed by atoms with van der Waals surface area (Å²) in [6.07, 6.45) is 0.862. The van der Waals surface area contributed by atoms with Crippen molar-refractivity contribution in [3.05, 3.63) is 0 Å². The number of carbonyl (C=O) groups excluding carboxylic acids is 2. The SMILES string of the molecule is CC(=O)OC[C@H]1[C@H](COC(C)=O)C12CC(C)N(C)O2. The summed E-state index contributed by atoms with van der Waals surface area (Å²) < 4.78 is 10.2. The molecule has 0 bridgehead atoms. The van der Waals surface area contributed by atoms with E-state index in [1.54, 1.807) is 0 Å². The molecule has 1 aliphatic carbocycles. The van der Waals surface area contributed by atoms with Gasteiger partial charge in [0.1, 0.15) is 5.60 Å². The van der Waals surface area contributed by atoms with E-state index >= 15 is 0 Å². The lowest BCUT2D eigenvalue weighted by atomic mass is 10.1. The maximum atomic E-state index is 10.9. The normalized spacial score (nSPS) is 37.4. The van der Waals surface area contributed by atoms with Crippen molar-refractivity contribution in [1.29, 1.82) is 0 Å². The summed E-state index contributed by atoms with van der Waals surface area (Å²) in [5.41, 5.74) is -0.334. The summed E-state index contributed by atoms with van der Waals surface area (Å²) in [6, 6.07) is 0.308. The Morgan fingerprint density at radius 2 is 1.68 bits per heavy atom. The van der Waals surface area contributed by atoms with Crippen molar-refractivity contribution in [2.75, 3.05) is 20.3 Å². The molecule has 0 aromatic heterocycles. The van der Waals surface area contributed by atoms with Crippen LogP contribution < -0.4 is 0 Å². The van der Waals surface area contributed by atoms with Crippen LogP contribution in [0.25, 0.3) is 0 Å². The van der Waals surface area contributed by atoms with E-state index in [1.807, 2.05) is 12.1 Å². The van der Waals surface area contributed by atoms with Crippen LogP contribution in [0.1, 0.15) is 27.2 Å². The minimum atomic E-state index is -0.334. The largest absolute Gasteiger partial charge is 0.465 e. The number of hydroxylamine groups is 2. The van der Waals surface area contributed by atoms with Crippen LogP contribution in [0.3, 0.4) is 0 Å². The van der Waals surface area contributed by atoms with Gasteiger partial charge >= 0.3 is 11.9 Å². The Balaban J connectivity index is 1.98. The second-order valence-corrected chi connectivity index (χ2v) is 5.46. The molecule has 1 saturated heterocycles. The molecule has 0 N–H and O–H groups in total. The first-order valence-electron chi connectivity index (χ1n) is 6.55. The van der Waals surface area contributed by atoms with Crippen LogP contribution in [-0.4, -0.2) is 48.9 Å². The molecule has 1 saturated carbocycles. The topological polar surface area (TPSA) is 65.1 Å². The predicted octanol–water partition coefficient (Wildman–Crippen LogP) is 0.753. The monoisotopic (exact) mass is 271 g/mol. The number of rotatable bonds is 4. The third-order valence-corrected chi connectivity index (χ3v) is 4.11. The maximum Gasteiger partial charge on any atom is 0.302 e. The van der Waals surface area contributed by atoms with Gasteiger partial charge in [0.15, 0.2) is 0 Å². The molecule has 0 amide bonds. The van der Waals surface area contributed by atoms with Gasteiger partial charge in [-0.1, -0.05) is 0 Å². The van der Waals surface area contributed by atoms with E-state index in [9.17, 15) is 9.59 Å². The third kappa shape index (κ3) is 2.74. The number of ether oxygens (including phenoxy) is 2. The second-order valence-electron chi connectivity index (χ2n) is 5.46. The summed E-state index contributed by atoms with van der Waals surface area (Å²) in [5, 5.41) is 1.83. The van der Waals surface area contributed by atoms with Crippen LogP contribution >= 0.6 is 0 Å². The Morgan fingerprint density at radius 1 is 1.21 bits per heavy atom. The molecule has 1 heterocycles. The predicted molar refractivity (Wildman–Crippen MR) is 65.9 cm³/mol. The van der Waals surface area contributed by atoms with Gasteiger partial charge in [-0.05, 0) is 13.3 Å². The van der Waals surface area contributed by atoms with Gasteiger partial charge in [0.25, 0.3) is 0 Å². The fraction of sp³-hybridized carbons (Fsp3) is 0.846. The van der Waals surface area contributed by atoms with Crippen molar-refractivity contribution in [3.63, 3.8) is 0 Å². The number of hydrogen-bond acceptors (Lipinski definition) is 6. The highest BCUT2D eigenvalue weighted by molar-refractivity contribution is 5.66. The van der Waals surface area contributed by atoms with Crippen LogP contribution in [0, 0.1) is 11.8 Å². The molecule has 1 aliphatic heterocycles. The molecule has 2 fully saturated rings. The van der Waals surface area contributed by atoms with Crippen molar-refractivity contribution in [1.82, 2.24) is 5.06 Å². The molecule has 1 unspecified atom stereocenters. The van der Waals surface area contributed by atoms with Gasteiger partial charge < -0.3 is 9.47 Å². The molecular weight excluding hydrogens is 250 g/mol. The van der Waals surface area contributed by atoms with E-state index in [1.165, 1.54) is 13.8 Å². The summed E-state index contributed by atoms with van der Waals surface area (Å²) in [6.45, 7) is 5.50. The Labute approximate surface area is 112 Å². The number of esters is 2. The molecule has 19 heavy (non-hydrogen) atoms. The van der Waals surface area contributed by atoms with E-state index < -0.39 is 0 Å². The highest BCUT2D eigenvalue weighted by Crippen LogP contribution is 2.60. The van der Waals surface area contributed by atoms with E-state index in [-0.39, 0.29) is 29.4 Å². The first-order chi connectivity index (χ1) is 8.86. The fourth-order valence-electron chi connectivity index (χ4n) is 2.93. The van der Waals surface area contributed by atoms with Gasteiger partial charge in [-0.2, -0.15) is 5.06 Å². The highest BCUT2D eigenvalue weighted by Gasteiger charge is 2.70. The summed E-state index contributed by atoms with van der Waals surface area (Å²) in [4.78, 5) is 27.8. The van der Waals surface area contributed by atoms with E-state index in [0.717, 1.165) is 6.42 Å². The van der Waals surface area contributed by atoms with Crippen molar-refractivity contribution in [3.8, 4) is 0 Å². The fourth-order valence-corrected chi connectivity index (χ4v) is 2.93. The Morgan fingerprint density at radius 3 is 2.00 bits per heavy atom. The first-order valence-corrected chi connectivity index (χ1v) is 6.55. The Hall–Kier alpha value is -1.14. The van der Waals surface area contributed by atoms with Crippen molar-refractivity contribution in [2.24, 2.45) is 11.8 Å². The molecule has 1 spiro atoms. The standard InChI is InChI=1S/C13H21NO5/c1-8-5-13(19-14(8)4)11(6-17-9(2)15)12(13)7-18-10(3)16/h8,11-12H,5-7H2,1-4H3/t8?,11-,12-/m0/s1. The third-order valence-electron chi connectivity index (χ3n) is 4.11. The minimum absolute atomic E-state index is 0.100. The van der Waals surface area contributed by atoms with Crippen LogP contribution in [0.4, 0.5) is 0 Å². The lowest BCUT2D eigenvalue weighted by Gasteiger charge is -2.13. The molecule has 0 aromatic carbocycles. The molecule has 108 valence electrons. The molecule has 6 heteroatoms. The van der Waals surface area contributed by atoms with E-state index in [4.69, 9.17) is 14.3 Å². The van der Waals surface area contributed by atoms with Crippen LogP contribution in [0.2, 0.25) is 0 Å². The van der Waals surface area contributed by atoms with Gasteiger partial charge in [0.2, 0.25) is 0 Å². The average molecular weight is 271 g/mol. The zero-order valence-corrected chi connectivity index (χ0v) is 11.8. The summed E-state index contributed by atoms with van der Waals surface area (Å²) in [5.74, 6) is -0.397. The number of carbonyl (C=O) groups is 2. The van der Waals surface area contributed by atoms with Crippen LogP contribution in [0.5, 0.6) is 0 Å². The minimum Gasteiger partial charge on any atom is -0.465 e. The van der Waals surface area contributed by atoms with Gasteiger partial charge in [-0.3, -0.25) is 14.4 Å². The van der Waals surface area contributed by atoms with Gasteiger partial charge in [0.05, 0.1) is 13.2 Å². The molecule has 0 aromatic rings. The first kappa shape index (κ1) is 14.3. The van der Waals surface area contributed by atoms with Gasteiger partial charge in [-0.15, -0.1) is 0 Å². The smallest absolute Gasteiger partial charge is 0.302 e. The Bertz CT molecular complexity index is 347. The van der Waals surface area contributed by atoms with Crippen molar-refractivity contribution < 1.29 is 23.9 Å². The molecular formula is C13H21NO5. The molecule has 3 atom stereocenters. The van der Waals surface area contributed by atoms with Crippen molar-refractivity contribution in [2.45, 2.75) is 38.8 Å². The lowest BCUT2D eigenvalue weighted by molar-refractivity contribution is -0.166. The highest BCUT2D eigenvalue weighted by atomic mass is 16.7. The summed E-state index contributed by atoms with van der Waals surface area (Å²) >= 11 is 0. The number of hydrogen-bond donors (Lipinski definition) is 0. The van der Waals surface area contributed by atoms with E-state index in [2.05, 4.69) is 6.92 Å². The van der Waals surface area contributed by atoms with Gasteiger partial charge in [0, 0.05) is 38.8 Å². The molecule has 2 rings (SSSR count). The zero-order valence-electron chi connectivity index (χ0n) is 11.8. The molecule has 2 aliphatic rings. The lowest BCUT2D eigenvalue weighted by Crippen LogP contribution is -2.21. The quantitative estimate of drug-likeness (QED) is 0.703. The van der Waals surface area contributed by atoms with Crippen LogP contribution in [-0.2, 0) is 23.9 Å². The molecule has 0 radical (unpaired) electrons. The maximum absolute atomic E-state index is 10.9. The number of nitrogens with zero attached hydrogens (tertiary/aromatic N) is 1. The van der Waals surface area contributed by atoms with Gasteiger partial charge in [-0.25, -0.2) is 0 Å². The van der Waals surface area contributed by atoms with Crippen molar-refractivity contribution >= 4 is 11.9 Å². The Kier molecular flexibility index (Phi) is 3.82. The average Bonchev–Trinajstić information content (AvgIpc) is 2.76. The molecule has 6 nitrogen and oxygen atoms in total. The summed E-state index contributed by atoms with van der Waals surface area (Å²) in [7, 11) is 1.89.